The molecule has 0 aliphatic carbocycles. The summed E-state index contributed by atoms with van der Waals surface area (Å²) in [5.74, 6) is -0.0171. The summed E-state index contributed by atoms with van der Waals surface area (Å²) in [7, 11) is 0. The first-order valence-corrected chi connectivity index (χ1v) is 5.77. The van der Waals surface area contributed by atoms with E-state index in [4.69, 9.17) is 15.6 Å². The summed E-state index contributed by atoms with van der Waals surface area (Å²) in [6, 6.07) is 0. The van der Waals surface area contributed by atoms with Gasteiger partial charge in [0.2, 0.25) is 5.95 Å². The number of ether oxygens (including phenoxy) is 1. The standard InChI is InChI=1S/C10H13N5O4.H2O/c11-10-13-8-7(9(18)14-10)12-3-15(8)6-1-4(17)5(2-16)19-6;/h3-6,16-17H,1-2H2,(H3,11,13,14,18);1H2/t4-,5-,6-;/m1./s1. The maximum absolute atomic E-state index is 11.6. The van der Waals surface area contributed by atoms with Crippen molar-refractivity contribution in [3.63, 3.8) is 0 Å². The van der Waals surface area contributed by atoms with Gasteiger partial charge in [0.15, 0.2) is 11.2 Å². The first-order chi connectivity index (χ1) is 9.10. The molecular weight excluding hydrogens is 270 g/mol. The molecule has 110 valence electrons. The molecule has 3 rings (SSSR count). The van der Waals surface area contributed by atoms with E-state index in [1.807, 2.05) is 0 Å². The SMILES string of the molecule is Nc1nc2c(ncn2[C@H]2C[C@@H](O)[C@@H](CO)O2)c(=O)[nH]1.O. The zero-order valence-corrected chi connectivity index (χ0v) is 10.4. The van der Waals surface area contributed by atoms with E-state index in [9.17, 15) is 9.90 Å². The number of imidazole rings is 1. The molecule has 10 heteroatoms. The Labute approximate surface area is 112 Å². The first kappa shape index (κ1) is 14.4. The van der Waals surface area contributed by atoms with Crippen LogP contribution in [0, 0.1) is 0 Å². The van der Waals surface area contributed by atoms with Gasteiger partial charge < -0.3 is 26.2 Å². The number of aliphatic hydroxyl groups excluding tert-OH is 2. The van der Waals surface area contributed by atoms with E-state index >= 15 is 0 Å². The summed E-state index contributed by atoms with van der Waals surface area (Å²) < 4.78 is 7.01. The van der Waals surface area contributed by atoms with E-state index in [1.165, 1.54) is 10.9 Å². The van der Waals surface area contributed by atoms with Crippen LogP contribution in [0.1, 0.15) is 12.6 Å². The van der Waals surface area contributed by atoms with Gasteiger partial charge in [0, 0.05) is 6.42 Å². The van der Waals surface area contributed by atoms with Gasteiger partial charge in [0.1, 0.15) is 12.3 Å². The van der Waals surface area contributed by atoms with Crippen molar-refractivity contribution < 1.29 is 20.4 Å². The highest BCUT2D eigenvalue weighted by Crippen LogP contribution is 2.30. The number of hydrogen-bond acceptors (Lipinski definition) is 7. The number of aromatic amines is 1. The lowest BCUT2D eigenvalue weighted by Gasteiger charge is -2.13. The van der Waals surface area contributed by atoms with E-state index in [1.54, 1.807) is 0 Å². The molecule has 0 unspecified atom stereocenters. The minimum Gasteiger partial charge on any atom is -0.412 e. The zero-order valence-electron chi connectivity index (χ0n) is 10.4. The molecule has 0 radical (unpaired) electrons. The predicted octanol–water partition coefficient (Wildman–Crippen LogP) is -2.48. The number of rotatable bonds is 2. The molecule has 2 aromatic heterocycles. The summed E-state index contributed by atoms with van der Waals surface area (Å²) in [6.45, 7) is -0.277. The largest absolute Gasteiger partial charge is 0.412 e. The molecule has 10 nitrogen and oxygen atoms in total. The van der Waals surface area contributed by atoms with Crippen molar-refractivity contribution in [1.29, 1.82) is 0 Å². The Morgan fingerprint density at radius 3 is 3.00 bits per heavy atom. The Kier molecular flexibility index (Phi) is 3.72. The second kappa shape index (κ2) is 5.17. The zero-order chi connectivity index (χ0) is 13.6. The van der Waals surface area contributed by atoms with E-state index in [-0.39, 0.29) is 35.6 Å². The number of aliphatic hydroxyl groups is 2. The van der Waals surface area contributed by atoms with Gasteiger partial charge in [0.05, 0.1) is 19.0 Å². The van der Waals surface area contributed by atoms with Crippen LogP contribution in [0.5, 0.6) is 0 Å². The third kappa shape index (κ3) is 2.14. The Morgan fingerprint density at radius 1 is 1.60 bits per heavy atom. The van der Waals surface area contributed by atoms with E-state index in [0.717, 1.165) is 0 Å². The molecule has 0 bridgehead atoms. The number of nitrogens with two attached hydrogens (primary N) is 1. The van der Waals surface area contributed by atoms with Gasteiger partial charge in [0.25, 0.3) is 5.56 Å². The van der Waals surface area contributed by atoms with Crippen LogP contribution in [0.3, 0.4) is 0 Å². The highest BCUT2D eigenvalue weighted by Gasteiger charge is 2.35. The fourth-order valence-corrected chi connectivity index (χ4v) is 2.20. The Hall–Kier alpha value is -2.01. The molecule has 7 N–H and O–H groups in total. The van der Waals surface area contributed by atoms with Crippen molar-refractivity contribution in [2.24, 2.45) is 0 Å². The molecule has 2 aromatic rings. The van der Waals surface area contributed by atoms with Gasteiger partial charge in [-0.05, 0) is 0 Å². The molecule has 0 aromatic carbocycles. The lowest BCUT2D eigenvalue weighted by atomic mass is 10.2. The molecule has 1 fully saturated rings. The van der Waals surface area contributed by atoms with Crippen molar-refractivity contribution in [2.45, 2.75) is 24.9 Å². The quantitative estimate of drug-likeness (QED) is 0.473. The second-order valence-electron chi connectivity index (χ2n) is 4.39. The summed E-state index contributed by atoms with van der Waals surface area (Å²) in [5.41, 5.74) is 5.50. The van der Waals surface area contributed by atoms with E-state index < -0.39 is 24.0 Å². The summed E-state index contributed by atoms with van der Waals surface area (Å²) in [4.78, 5) is 22.0. The Bertz CT molecular complexity index is 668. The van der Waals surface area contributed by atoms with Crippen molar-refractivity contribution >= 4 is 17.1 Å². The van der Waals surface area contributed by atoms with Crippen molar-refractivity contribution in [1.82, 2.24) is 19.5 Å². The van der Waals surface area contributed by atoms with Crippen LogP contribution in [-0.2, 0) is 4.74 Å². The van der Waals surface area contributed by atoms with Crippen LogP contribution in [0.15, 0.2) is 11.1 Å². The normalized spacial score (nSPS) is 25.8. The van der Waals surface area contributed by atoms with Crippen LogP contribution >= 0.6 is 0 Å². The number of aromatic nitrogens is 4. The van der Waals surface area contributed by atoms with Crippen LogP contribution in [0.25, 0.3) is 11.2 Å². The third-order valence-electron chi connectivity index (χ3n) is 3.15. The molecule has 20 heavy (non-hydrogen) atoms. The maximum Gasteiger partial charge on any atom is 0.280 e. The number of hydrogen-bond donors (Lipinski definition) is 4. The van der Waals surface area contributed by atoms with Gasteiger partial charge >= 0.3 is 0 Å². The fourth-order valence-electron chi connectivity index (χ4n) is 2.20. The highest BCUT2D eigenvalue weighted by atomic mass is 16.5. The van der Waals surface area contributed by atoms with Gasteiger partial charge in [-0.2, -0.15) is 4.98 Å². The fraction of sp³-hybridized carbons (Fsp3) is 0.500. The van der Waals surface area contributed by atoms with E-state index in [2.05, 4.69) is 15.0 Å². The van der Waals surface area contributed by atoms with Crippen LogP contribution in [-0.4, -0.2) is 54.0 Å². The minimum absolute atomic E-state index is 0. The monoisotopic (exact) mass is 285 g/mol. The molecule has 0 saturated carbocycles. The summed E-state index contributed by atoms with van der Waals surface area (Å²) >= 11 is 0. The summed E-state index contributed by atoms with van der Waals surface area (Å²) in [6.07, 6.45) is -0.270. The van der Waals surface area contributed by atoms with Crippen LogP contribution < -0.4 is 11.3 Å². The highest BCUT2D eigenvalue weighted by molar-refractivity contribution is 5.70. The Morgan fingerprint density at radius 2 is 2.35 bits per heavy atom. The smallest absolute Gasteiger partial charge is 0.280 e. The lowest BCUT2D eigenvalue weighted by Crippen LogP contribution is -2.24. The maximum atomic E-state index is 11.6. The summed E-state index contributed by atoms with van der Waals surface area (Å²) in [5, 5.41) is 18.8. The van der Waals surface area contributed by atoms with Gasteiger partial charge in [-0.25, -0.2) is 4.98 Å². The van der Waals surface area contributed by atoms with Crippen LogP contribution in [0.4, 0.5) is 5.95 Å². The lowest BCUT2D eigenvalue weighted by molar-refractivity contribution is -0.0432. The number of H-pyrrole nitrogens is 1. The minimum atomic E-state index is -0.771. The Balaban J connectivity index is 0.00000147. The molecule has 1 saturated heterocycles. The van der Waals surface area contributed by atoms with Crippen molar-refractivity contribution in [2.75, 3.05) is 12.3 Å². The van der Waals surface area contributed by atoms with Crippen molar-refractivity contribution in [3.05, 3.63) is 16.7 Å². The molecule has 1 aliphatic heterocycles. The second-order valence-corrected chi connectivity index (χ2v) is 4.39. The molecule has 0 amide bonds. The van der Waals surface area contributed by atoms with Gasteiger partial charge in [-0.3, -0.25) is 14.3 Å². The van der Waals surface area contributed by atoms with E-state index in [0.29, 0.717) is 0 Å². The topological polar surface area (TPSA) is 171 Å². The number of anilines is 1. The number of nitrogen functional groups attached to an aromatic ring is 1. The average Bonchev–Trinajstić information content (AvgIpc) is 2.92. The molecule has 3 heterocycles. The van der Waals surface area contributed by atoms with Crippen LogP contribution in [0.2, 0.25) is 0 Å². The van der Waals surface area contributed by atoms with Gasteiger partial charge in [-0.15, -0.1) is 0 Å². The van der Waals surface area contributed by atoms with Gasteiger partial charge in [-0.1, -0.05) is 0 Å². The number of nitrogens with one attached hydrogen (secondary N) is 1. The number of fused-ring (bicyclic) bond motifs is 1. The average molecular weight is 285 g/mol. The molecule has 0 spiro atoms. The molecule has 3 atom stereocenters. The predicted molar refractivity (Wildman–Crippen MR) is 67.8 cm³/mol. The molecule has 1 aliphatic rings. The third-order valence-corrected chi connectivity index (χ3v) is 3.15. The molecular formula is C10H15N5O5. The first-order valence-electron chi connectivity index (χ1n) is 5.77. The number of nitrogens with zero attached hydrogens (tertiary/aromatic N) is 3. The van der Waals surface area contributed by atoms with Crippen molar-refractivity contribution in [3.8, 4) is 0 Å².